The quantitative estimate of drug-likeness (QED) is 0.913. The Morgan fingerprint density at radius 2 is 2.19 bits per heavy atom. The molecule has 2 aromatic rings. The molecule has 0 aliphatic carbocycles. The van der Waals surface area contributed by atoms with Gasteiger partial charge in [0.15, 0.2) is 0 Å². The predicted octanol–water partition coefficient (Wildman–Crippen LogP) is 3.07. The molecule has 0 aromatic carbocycles. The first-order chi connectivity index (χ1) is 9.83. The number of aliphatic carboxylic acids is 1. The molecular formula is C14H16ClN3O3. The van der Waals surface area contributed by atoms with Crippen LogP contribution in [0.5, 0.6) is 0 Å². The normalized spacial score (nSPS) is 14.1. The van der Waals surface area contributed by atoms with E-state index >= 15 is 0 Å². The molecule has 0 saturated carbocycles. The van der Waals surface area contributed by atoms with Gasteiger partial charge in [-0.05, 0) is 25.0 Å². The summed E-state index contributed by atoms with van der Waals surface area (Å²) in [7, 11) is 0. The number of hydrogen-bond acceptors (Lipinski definition) is 5. The monoisotopic (exact) mass is 309 g/mol. The van der Waals surface area contributed by atoms with Gasteiger partial charge in [0.1, 0.15) is 5.69 Å². The standard InChI is InChI=1S/C14H16ClN3O3/c1-8(2)14(3,13(19)20)6-11-17-12(18-21-11)10-5-4-9(15)7-16-10/h4-5,7-8H,6H2,1-3H3,(H,19,20). The molecular weight excluding hydrogens is 294 g/mol. The SMILES string of the molecule is CC(C)C(C)(Cc1nc(-c2ccc(Cl)cn2)no1)C(=O)O. The van der Waals surface area contributed by atoms with Crippen molar-refractivity contribution in [2.45, 2.75) is 27.2 Å². The number of rotatable bonds is 5. The van der Waals surface area contributed by atoms with E-state index in [4.69, 9.17) is 16.1 Å². The van der Waals surface area contributed by atoms with E-state index < -0.39 is 11.4 Å². The molecule has 112 valence electrons. The lowest BCUT2D eigenvalue weighted by atomic mass is 9.76. The molecule has 0 amide bonds. The van der Waals surface area contributed by atoms with Gasteiger partial charge in [0.2, 0.25) is 11.7 Å². The number of halogens is 1. The van der Waals surface area contributed by atoms with Crippen LogP contribution in [0, 0.1) is 11.3 Å². The molecule has 1 N–H and O–H groups in total. The molecule has 0 aliphatic heterocycles. The van der Waals surface area contributed by atoms with E-state index in [0.717, 1.165) is 0 Å². The Bertz CT molecular complexity index is 639. The minimum absolute atomic E-state index is 0.0704. The first-order valence-electron chi connectivity index (χ1n) is 6.51. The van der Waals surface area contributed by atoms with Gasteiger partial charge in [-0.2, -0.15) is 4.98 Å². The first-order valence-corrected chi connectivity index (χ1v) is 6.88. The zero-order chi connectivity index (χ0) is 15.6. The van der Waals surface area contributed by atoms with Crippen LogP contribution in [0.2, 0.25) is 5.02 Å². The van der Waals surface area contributed by atoms with E-state index in [1.54, 1.807) is 19.1 Å². The van der Waals surface area contributed by atoms with Crippen LogP contribution >= 0.6 is 11.6 Å². The lowest BCUT2D eigenvalue weighted by Crippen LogP contribution is -2.35. The highest BCUT2D eigenvalue weighted by molar-refractivity contribution is 6.30. The number of hydrogen-bond donors (Lipinski definition) is 1. The third kappa shape index (κ3) is 3.21. The second-order valence-electron chi connectivity index (χ2n) is 5.43. The second-order valence-corrected chi connectivity index (χ2v) is 5.86. The average Bonchev–Trinajstić information content (AvgIpc) is 2.87. The molecule has 0 bridgehead atoms. The van der Waals surface area contributed by atoms with Crippen LogP contribution in [-0.4, -0.2) is 26.2 Å². The van der Waals surface area contributed by atoms with Gasteiger partial charge >= 0.3 is 5.97 Å². The van der Waals surface area contributed by atoms with Crippen LogP contribution in [0.25, 0.3) is 11.5 Å². The molecule has 21 heavy (non-hydrogen) atoms. The highest BCUT2D eigenvalue weighted by atomic mass is 35.5. The van der Waals surface area contributed by atoms with Gasteiger partial charge in [-0.3, -0.25) is 9.78 Å². The van der Waals surface area contributed by atoms with Crippen molar-refractivity contribution in [2.75, 3.05) is 0 Å². The smallest absolute Gasteiger partial charge is 0.310 e. The Labute approximate surface area is 127 Å². The Hall–Kier alpha value is -1.95. The number of aromatic nitrogens is 3. The number of carbonyl (C=O) groups is 1. The Kier molecular flexibility index (Phi) is 4.27. The fourth-order valence-corrected chi connectivity index (χ4v) is 1.89. The van der Waals surface area contributed by atoms with E-state index in [9.17, 15) is 9.90 Å². The Morgan fingerprint density at radius 1 is 1.48 bits per heavy atom. The van der Waals surface area contributed by atoms with Crippen molar-refractivity contribution in [3.8, 4) is 11.5 Å². The maximum Gasteiger partial charge on any atom is 0.310 e. The van der Waals surface area contributed by atoms with Gasteiger partial charge in [-0.15, -0.1) is 0 Å². The molecule has 6 nitrogen and oxygen atoms in total. The zero-order valence-electron chi connectivity index (χ0n) is 12.0. The largest absolute Gasteiger partial charge is 0.481 e. The summed E-state index contributed by atoms with van der Waals surface area (Å²) < 4.78 is 5.15. The molecule has 1 unspecified atom stereocenters. The molecule has 0 saturated heterocycles. The first kappa shape index (κ1) is 15.4. The summed E-state index contributed by atoms with van der Waals surface area (Å²) in [5.74, 6) is -0.362. The van der Waals surface area contributed by atoms with Gasteiger partial charge < -0.3 is 9.63 Å². The van der Waals surface area contributed by atoms with Crippen molar-refractivity contribution in [3.63, 3.8) is 0 Å². The molecule has 0 radical (unpaired) electrons. The minimum atomic E-state index is -0.961. The number of carboxylic acid groups (broad SMARTS) is 1. The summed E-state index contributed by atoms with van der Waals surface area (Å²) in [5.41, 5.74) is -0.437. The Morgan fingerprint density at radius 3 is 2.71 bits per heavy atom. The van der Waals surface area contributed by atoms with E-state index in [0.29, 0.717) is 16.5 Å². The van der Waals surface area contributed by atoms with Gasteiger partial charge in [-0.25, -0.2) is 0 Å². The minimum Gasteiger partial charge on any atom is -0.481 e. The van der Waals surface area contributed by atoms with Crippen LogP contribution < -0.4 is 0 Å². The highest BCUT2D eigenvalue weighted by Crippen LogP contribution is 2.31. The van der Waals surface area contributed by atoms with Crippen molar-refractivity contribution in [2.24, 2.45) is 11.3 Å². The lowest BCUT2D eigenvalue weighted by Gasteiger charge is -2.27. The average molecular weight is 310 g/mol. The molecule has 2 rings (SSSR count). The van der Waals surface area contributed by atoms with Crippen molar-refractivity contribution < 1.29 is 14.4 Å². The van der Waals surface area contributed by atoms with Crippen LogP contribution in [0.4, 0.5) is 0 Å². The van der Waals surface area contributed by atoms with Crippen molar-refractivity contribution in [1.29, 1.82) is 0 Å². The zero-order valence-corrected chi connectivity index (χ0v) is 12.8. The van der Waals surface area contributed by atoms with Crippen molar-refractivity contribution in [3.05, 3.63) is 29.2 Å². The van der Waals surface area contributed by atoms with Crippen molar-refractivity contribution in [1.82, 2.24) is 15.1 Å². The number of carboxylic acids is 1. The summed E-state index contributed by atoms with van der Waals surface area (Å²) in [6.45, 7) is 5.38. The van der Waals surface area contributed by atoms with Crippen LogP contribution in [0.1, 0.15) is 26.7 Å². The molecule has 1 atom stereocenters. The molecule has 0 fully saturated rings. The van der Waals surface area contributed by atoms with E-state index in [2.05, 4.69) is 15.1 Å². The van der Waals surface area contributed by atoms with Gasteiger partial charge in [-0.1, -0.05) is 30.6 Å². The molecule has 0 aliphatic rings. The highest BCUT2D eigenvalue weighted by Gasteiger charge is 2.38. The molecule has 7 heteroatoms. The third-order valence-corrected chi connectivity index (χ3v) is 3.93. The molecule has 2 heterocycles. The molecule has 0 spiro atoms. The Balaban J connectivity index is 2.24. The van der Waals surface area contributed by atoms with Crippen LogP contribution in [0.3, 0.4) is 0 Å². The maximum absolute atomic E-state index is 11.5. The second kappa shape index (κ2) is 5.81. The topological polar surface area (TPSA) is 89.1 Å². The summed E-state index contributed by atoms with van der Waals surface area (Å²) in [5, 5.41) is 13.8. The summed E-state index contributed by atoms with van der Waals surface area (Å²) in [6.07, 6.45) is 1.66. The van der Waals surface area contributed by atoms with Gasteiger partial charge in [0, 0.05) is 12.6 Å². The van der Waals surface area contributed by atoms with E-state index in [1.807, 2.05) is 13.8 Å². The summed E-state index contributed by atoms with van der Waals surface area (Å²) >= 11 is 5.77. The summed E-state index contributed by atoms with van der Waals surface area (Å²) in [6, 6.07) is 3.35. The van der Waals surface area contributed by atoms with Gasteiger partial charge in [0.05, 0.1) is 10.4 Å². The van der Waals surface area contributed by atoms with Crippen LogP contribution in [-0.2, 0) is 11.2 Å². The predicted molar refractivity (Wildman–Crippen MR) is 76.8 cm³/mol. The fourth-order valence-electron chi connectivity index (χ4n) is 1.78. The van der Waals surface area contributed by atoms with E-state index in [-0.39, 0.29) is 18.2 Å². The van der Waals surface area contributed by atoms with Gasteiger partial charge in [0.25, 0.3) is 0 Å². The molecule has 2 aromatic heterocycles. The van der Waals surface area contributed by atoms with Crippen LogP contribution in [0.15, 0.2) is 22.9 Å². The van der Waals surface area contributed by atoms with Crippen molar-refractivity contribution >= 4 is 17.6 Å². The number of nitrogens with zero attached hydrogens (tertiary/aromatic N) is 3. The fraction of sp³-hybridized carbons (Fsp3) is 0.429. The van der Waals surface area contributed by atoms with E-state index in [1.165, 1.54) is 6.20 Å². The lowest BCUT2D eigenvalue weighted by molar-refractivity contribution is -0.150. The third-order valence-electron chi connectivity index (χ3n) is 3.71. The maximum atomic E-state index is 11.5. The number of pyridine rings is 1. The summed E-state index contributed by atoms with van der Waals surface area (Å²) in [4.78, 5) is 19.8.